The van der Waals surface area contributed by atoms with Crippen molar-refractivity contribution in [1.29, 1.82) is 0 Å². The molecule has 0 radical (unpaired) electrons. The first-order valence-electron chi connectivity index (χ1n) is 23.1. The molecule has 29 heteroatoms. The topological polar surface area (TPSA) is 446 Å². The monoisotopic (exact) mass is 1050 g/mol. The maximum absolute atomic E-state index is 13.3. The first-order chi connectivity index (χ1) is 33.7. The van der Waals surface area contributed by atoms with Gasteiger partial charge >= 0.3 is 0 Å². The molecule has 1 amide bonds. The van der Waals surface area contributed by atoms with E-state index in [2.05, 4.69) is 0 Å². The third kappa shape index (κ3) is 42.3. The Morgan fingerprint density at radius 3 is 0.690 bits per heavy atom. The molecule has 0 aromatic heterocycles. The molecule has 0 fully saturated rings. The fraction of sp³-hybridized carbons (Fsp3) is 0.976. The molecule has 0 aromatic rings. The molecule has 16 N–H and O–H groups in total. The summed E-state index contributed by atoms with van der Waals surface area (Å²) in [6.45, 7) is -6.44. The lowest BCUT2D eigenvalue weighted by atomic mass is 10.2. The molecule has 0 saturated heterocycles. The molecule has 0 aromatic carbocycles. The summed E-state index contributed by atoms with van der Waals surface area (Å²) in [7, 11) is 0. The van der Waals surface area contributed by atoms with E-state index in [-0.39, 0.29) is 119 Å². The van der Waals surface area contributed by atoms with Crippen LogP contribution in [-0.4, -0.2) is 350 Å². The molecule has 426 valence electrons. The van der Waals surface area contributed by atoms with Crippen LogP contribution in [0.15, 0.2) is 0 Å². The second kappa shape index (κ2) is 44.7. The van der Waals surface area contributed by atoms with Crippen LogP contribution in [0, 0.1) is 0 Å². The lowest BCUT2D eigenvalue weighted by Gasteiger charge is -2.29. The van der Waals surface area contributed by atoms with Gasteiger partial charge in [0.05, 0.1) is 177 Å². The van der Waals surface area contributed by atoms with Crippen molar-refractivity contribution in [2.45, 2.75) is 92.4 Å². The van der Waals surface area contributed by atoms with E-state index in [0.717, 1.165) is 4.90 Å². The molecular formula is C42H85NO28. The number of hydrogen-bond donors (Lipinski definition) is 16. The molecule has 0 aliphatic heterocycles. The fourth-order valence-electron chi connectivity index (χ4n) is 5.39. The van der Waals surface area contributed by atoms with Crippen molar-refractivity contribution in [3.63, 3.8) is 0 Å². The third-order valence-corrected chi connectivity index (χ3v) is 8.72. The van der Waals surface area contributed by atoms with Gasteiger partial charge in [-0.2, -0.15) is 0 Å². The van der Waals surface area contributed by atoms with Gasteiger partial charge in [-0.3, -0.25) is 4.79 Å². The summed E-state index contributed by atoms with van der Waals surface area (Å²) in [5.41, 5.74) is 0. The molecule has 71 heavy (non-hydrogen) atoms. The van der Waals surface area contributed by atoms with Crippen LogP contribution in [0.5, 0.6) is 0 Å². The Kier molecular flexibility index (Phi) is 43.7. The van der Waals surface area contributed by atoms with Crippen LogP contribution in [0.2, 0.25) is 0 Å². The van der Waals surface area contributed by atoms with Gasteiger partial charge in [-0.05, 0) is 6.92 Å². The number of aliphatic hydroxyl groups is 16. The zero-order valence-electron chi connectivity index (χ0n) is 40.5. The minimum atomic E-state index is -1.87. The van der Waals surface area contributed by atoms with Crippen molar-refractivity contribution < 1.29 is 139 Å². The fourth-order valence-corrected chi connectivity index (χ4v) is 5.39. The number of hydrogen-bond acceptors (Lipinski definition) is 28. The number of carbonyl (C=O) groups is 1. The number of ether oxygens (including phenoxy) is 11. The summed E-state index contributed by atoms with van der Waals surface area (Å²) in [5, 5.41) is 158. The van der Waals surface area contributed by atoms with Crippen LogP contribution in [0.3, 0.4) is 0 Å². The van der Waals surface area contributed by atoms with Gasteiger partial charge in [-0.1, -0.05) is 0 Å². The molecule has 0 aliphatic rings. The second-order valence-electron chi connectivity index (χ2n) is 16.7. The van der Waals surface area contributed by atoms with E-state index in [1.54, 1.807) is 0 Å². The molecule has 0 heterocycles. The third-order valence-electron chi connectivity index (χ3n) is 8.72. The first-order valence-corrected chi connectivity index (χ1v) is 23.1. The molecule has 14 unspecified atom stereocenters. The van der Waals surface area contributed by atoms with Crippen molar-refractivity contribution in [2.75, 3.05) is 172 Å². The van der Waals surface area contributed by atoms with E-state index in [1.165, 1.54) is 6.92 Å². The Balaban J connectivity index is 4.92. The van der Waals surface area contributed by atoms with Gasteiger partial charge in [0, 0.05) is 13.1 Å². The van der Waals surface area contributed by atoms with Gasteiger partial charge in [0.1, 0.15) is 61.0 Å². The summed E-state index contributed by atoms with van der Waals surface area (Å²) >= 11 is 0. The average molecular weight is 1050 g/mol. The quantitative estimate of drug-likeness (QED) is 0.0269. The van der Waals surface area contributed by atoms with Crippen molar-refractivity contribution in [3.05, 3.63) is 0 Å². The minimum absolute atomic E-state index is 0.0503. The standard InChI is InChI=1S/C42H85NO28/c1-28(46)6-61-11-33(51)16-66-21-38(56)22-69-23-39(57)24-70-25-40(58)26-71-27-41(59)42(60)43(2-29(47)7-62-12-34(52)17-67-19-36(54)14-64-9-31(49)4-44)3-30(48)8-63-13-35(53)18-68-20-37(55)15-65-10-32(50)5-45/h28-41,44-59H,2-27H2,1H3. The number of carbonyl (C=O) groups excluding carboxylic acids is 1. The lowest BCUT2D eigenvalue weighted by molar-refractivity contribution is -0.149. The Morgan fingerprint density at radius 1 is 0.296 bits per heavy atom. The lowest BCUT2D eigenvalue weighted by Crippen LogP contribution is -2.49. The summed E-state index contributed by atoms with van der Waals surface area (Å²) < 4.78 is 57.2. The second-order valence-corrected chi connectivity index (χ2v) is 16.7. The maximum Gasteiger partial charge on any atom is 0.254 e. The molecule has 0 spiro atoms. The van der Waals surface area contributed by atoms with Crippen molar-refractivity contribution in [1.82, 2.24) is 4.90 Å². The number of aliphatic hydroxyl groups excluding tert-OH is 16. The van der Waals surface area contributed by atoms with Crippen molar-refractivity contribution in [3.8, 4) is 0 Å². The number of nitrogens with zero attached hydrogens (tertiary/aromatic N) is 1. The van der Waals surface area contributed by atoms with E-state index in [4.69, 9.17) is 67.4 Å². The molecular weight excluding hydrogens is 966 g/mol. The number of amides is 1. The van der Waals surface area contributed by atoms with Crippen molar-refractivity contribution >= 4 is 5.91 Å². The predicted molar refractivity (Wildman–Crippen MR) is 240 cm³/mol. The highest BCUT2D eigenvalue weighted by molar-refractivity contribution is 5.80. The molecule has 0 rings (SSSR count). The highest BCUT2D eigenvalue weighted by atomic mass is 16.6. The van der Waals surface area contributed by atoms with Gasteiger partial charge in [-0.15, -0.1) is 0 Å². The smallest absolute Gasteiger partial charge is 0.254 e. The van der Waals surface area contributed by atoms with E-state index >= 15 is 0 Å². The number of rotatable bonds is 51. The van der Waals surface area contributed by atoms with Crippen LogP contribution in [0.25, 0.3) is 0 Å². The zero-order valence-corrected chi connectivity index (χ0v) is 40.5. The van der Waals surface area contributed by atoms with Gasteiger partial charge < -0.3 is 139 Å². The summed E-state index contributed by atoms with van der Waals surface area (Å²) in [6, 6.07) is 0. The predicted octanol–water partition coefficient (Wildman–Crippen LogP) is -9.95. The van der Waals surface area contributed by atoms with Crippen molar-refractivity contribution in [2.24, 2.45) is 0 Å². The van der Waals surface area contributed by atoms with Gasteiger partial charge in [-0.25, -0.2) is 0 Å². The summed E-state index contributed by atoms with van der Waals surface area (Å²) in [5.74, 6) is -1.02. The van der Waals surface area contributed by atoms with E-state index in [9.17, 15) is 71.2 Å². The highest BCUT2D eigenvalue weighted by Crippen LogP contribution is 2.06. The Morgan fingerprint density at radius 2 is 0.479 bits per heavy atom. The zero-order chi connectivity index (χ0) is 53.4. The Bertz CT molecular complexity index is 1160. The maximum atomic E-state index is 13.3. The average Bonchev–Trinajstić information content (AvgIpc) is 3.30. The SMILES string of the molecule is CC(O)COCC(O)COCC(O)COCC(O)COCC(O)COCC(O)C(=O)N(CC(O)COCC(O)COCC(O)COCC(O)CO)CC(O)COCC(O)COCC(O)COCC(O)CO. The van der Waals surface area contributed by atoms with E-state index in [1.807, 2.05) is 0 Å². The summed E-state index contributed by atoms with van der Waals surface area (Å²) in [6.07, 6.45) is -16.7. The van der Waals surface area contributed by atoms with Crippen LogP contribution < -0.4 is 0 Å². The Labute approximate surface area is 413 Å². The molecule has 0 aliphatic carbocycles. The normalized spacial score (nSPS) is 18.2. The summed E-state index contributed by atoms with van der Waals surface area (Å²) in [4.78, 5) is 14.2. The van der Waals surface area contributed by atoms with Crippen LogP contribution in [0.4, 0.5) is 0 Å². The van der Waals surface area contributed by atoms with Gasteiger partial charge in [0.25, 0.3) is 5.91 Å². The first kappa shape index (κ1) is 69.4. The van der Waals surface area contributed by atoms with Gasteiger partial charge in [0.2, 0.25) is 0 Å². The van der Waals surface area contributed by atoms with Crippen LogP contribution in [0.1, 0.15) is 6.92 Å². The van der Waals surface area contributed by atoms with E-state index < -0.39 is 144 Å². The highest BCUT2D eigenvalue weighted by Gasteiger charge is 2.28. The minimum Gasteiger partial charge on any atom is -0.394 e. The van der Waals surface area contributed by atoms with Crippen LogP contribution in [-0.2, 0) is 56.9 Å². The molecule has 14 atom stereocenters. The molecule has 0 saturated carbocycles. The Hall–Kier alpha value is -1.61. The molecule has 0 bridgehead atoms. The van der Waals surface area contributed by atoms with Gasteiger partial charge in [0.15, 0.2) is 6.10 Å². The van der Waals surface area contributed by atoms with Crippen LogP contribution >= 0.6 is 0 Å². The largest absolute Gasteiger partial charge is 0.394 e. The molecule has 29 nitrogen and oxygen atoms in total. The van der Waals surface area contributed by atoms with E-state index in [0.29, 0.717) is 0 Å².